The average Bonchev–Trinajstić information content (AvgIpc) is 2.89. The van der Waals surface area contributed by atoms with Gasteiger partial charge >= 0.3 is 0 Å². The molecule has 1 aromatic heterocycles. The van der Waals surface area contributed by atoms with Crippen LogP contribution in [0.1, 0.15) is 43.8 Å². The lowest BCUT2D eigenvalue weighted by Crippen LogP contribution is -2.41. The summed E-state index contributed by atoms with van der Waals surface area (Å²) in [5, 5.41) is 11.3. The number of nitrogens with one attached hydrogen (secondary N) is 1. The number of aryl methyl sites for hydroxylation is 1. The number of amides is 1. The van der Waals surface area contributed by atoms with Gasteiger partial charge in [0, 0.05) is 19.6 Å². The highest BCUT2D eigenvalue weighted by atomic mass is 16.2. The predicted molar refractivity (Wildman–Crippen MR) is 84.2 cm³/mol. The summed E-state index contributed by atoms with van der Waals surface area (Å²) in [5.74, 6) is 2.03. The Morgan fingerprint density at radius 1 is 1.32 bits per heavy atom. The fourth-order valence-corrected chi connectivity index (χ4v) is 3.24. The summed E-state index contributed by atoms with van der Waals surface area (Å²) in [6, 6.07) is 0. The molecule has 120 valence electrons. The molecule has 6 heteroatoms. The molecule has 3 rings (SSSR count). The standard InChI is InChI=1S/C16H25N5O/c1-13-18-19-15-11-20(9-10-21(13)15)12-16(22)17-8-7-14-5-3-2-4-6-14/h5H,2-4,6-12H2,1H3,(H,17,22). The summed E-state index contributed by atoms with van der Waals surface area (Å²) in [5.41, 5.74) is 1.51. The number of fused-ring (bicyclic) bond motifs is 1. The van der Waals surface area contributed by atoms with Gasteiger partial charge in [0.25, 0.3) is 0 Å². The molecular weight excluding hydrogens is 278 g/mol. The van der Waals surface area contributed by atoms with Gasteiger partial charge < -0.3 is 9.88 Å². The SMILES string of the molecule is Cc1nnc2n1CCN(CC(=O)NCCC1=CCCCC1)C2. The lowest BCUT2D eigenvalue weighted by Gasteiger charge is -2.26. The van der Waals surface area contributed by atoms with Gasteiger partial charge in [0.15, 0.2) is 0 Å². The molecule has 1 N–H and O–H groups in total. The highest BCUT2D eigenvalue weighted by Crippen LogP contribution is 2.19. The van der Waals surface area contributed by atoms with E-state index in [1.165, 1.54) is 31.3 Å². The van der Waals surface area contributed by atoms with Crippen molar-refractivity contribution < 1.29 is 4.79 Å². The molecule has 0 saturated heterocycles. The number of hydrogen-bond donors (Lipinski definition) is 1. The van der Waals surface area contributed by atoms with Crippen molar-refractivity contribution in [2.24, 2.45) is 0 Å². The van der Waals surface area contributed by atoms with Crippen LogP contribution in [0.3, 0.4) is 0 Å². The Morgan fingerprint density at radius 3 is 3.05 bits per heavy atom. The van der Waals surface area contributed by atoms with Crippen LogP contribution in [0.4, 0.5) is 0 Å². The normalized spacial score (nSPS) is 18.7. The number of aromatic nitrogens is 3. The molecule has 6 nitrogen and oxygen atoms in total. The molecule has 1 aliphatic heterocycles. The van der Waals surface area contributed by atoms with Gasteiger partial charge in [-0.3, -0.25) is 9.69 Å². The Balaban J connectivity index is 1.40. The van der Waals surface area contributed by atoms with Crippen LogP contribution < -0.4 is 5.32 Å². The maximum Gasteiger partial charge on any atom is 0.234 e. The topological polar surface area (TPSA) is 63.1 Å². The van der Waals surface area contributed by atoms with Crippen LogP contribution in [0, 0.1) is 6.92 Å². The summed E-state index contributed by atoms with van der Waals surface area (Å²) >= 11 is 0. The third-order valence-corrected chi connectivity index (χ3v) is 4.54. The van der Waals surface area contributed by atoms with Crippen molar-refractivity contribution in [1.82, 2.24) is 25.0 Å². The third-order valence-electron chi connectivity index (χ3n) is 4.54. The molecule has 0 aromatic carbocycles. The van der Waals surface area contributed by atoms with Crippen LogP contribution in [0.2, 0.25) is 0 Å². The van der Waals surface area contributed by atoms with E-state index in [1.807, 2.05) is 6.92 Å². The van der Waals surface area contributed by atoms with E-state index >= 15 is 0 Å². The van der Waals surface area contributed by atoms with Crippen LogP contribution in [-0.2, 0) is 17.9 Å². The second-order valence-electron chi connectivity index (χ2n) is 6.23. The average molecular weight is 303 g/mol. The van der Waals surface area contributed by atoms with Crippen LogP contribution >= 0.6 is 0 Å². The molecule has 0 unspecified atom stereocenters. The van der Waals surface area contributed by atoms with Crippen molar-refractivity contribution in [3.63, 3.8) is 0 Å². The quantitative estimate of drug-likeness (QED) is 0.835. The second kappa shape index (κ2) is 7.05. The zero-order valence-corrected chi connectivity index (χ0v) is 13.3. The van der Waals surface area contributed by atoms with E-state index in [0.29, 0.717) is 13.1 Å². The summed E-state index contributed by atoms with van der Waals surface area (Å²) in [7, 11) is 0. The lowest BCUT2D eigenvalue weighted by atomic mass is 9.97. The van der Waals surface area contributed by atoms with Gasteiger partial charge in [-0.1, -0.05) is 11.6 Å². The van der Waals surface area contributed by atoms with E-state index < -0.39 is 0 Å². The summed E-state index contributed by atoms with van der Waals surface area (Å²) in [6.07, 6.45) is 8.37. The fourth-order valence-electron chi connectivity index (χ4n) is 3.24. The number of allylic oxidation sites excluding steroid dienone is 1. The smallest absolute Gasteiger partial charge is 0.234 e. The Kier molecular flexibility index (Phi) is 4.87. The molecule has 0 radical (unpaired) electrons. The number of carbonyl (C=O) groups is 1. The van der Waals surface area contributed by atoms with Gasteiger partial charge in [-0.2, -0.15) is 0 Å². The lowest BCUT2D eigenvalue weighted by molar-refractivity contribution is -0.122. The largest absolute Gasteiger partial charge is 0.355 e. The Hall–Kier alpha value is -1.69. The van der Waals surface area contributed by atoms with E-state index in [4.69, 9.17) is 0 Å². The van der Waals surface area contributed by atoms with E-state index in [2.05, 4.69) is 31.1 Å². The van der Waals surface area contributed by atoms with Crippen molar-refractivity contribution in [2.75, 3.05) is 19.6 Å². The van der Waals surface area contributed by atoms with Gasteiger partial charge in [0.1, 0.15) is 11.6 Å². The Bertz CT molecular complexity index is 563. The minimum atomic E-state index is 0.112. The molecule has 0 atom stereocenters. The molecular formula is C16H25N5O. The van der Waals surface area contributed by atoms with Crippen LogP contribution in [0.5, 0.6) is 0 Å². The zero-order chi connectivity index (χ0) is 15.4. The van der Waals surface area contributed by atoms with Gasteiger partial charge in [0.2, 0.25) is 5.91 Å². The van der Waals surface area contributed by atoms with E-state index in [9.17, 15) is 4.79 Å². The molecule has 0 bridgehead atoms. The van der Waals surface area contributed by atoms with Gasteiger partial charge in [-0.05, 0) is 39.0 Å². The number of hydrogen-bond acceptors (Lipinski definition) is 4. The van der Waals surface area contributed by atoms with Crippen molar-refractivity contribution in [1.29, 1.82) is 0 Å². The Labute approximate surface area is 131 Å². The Morgan fingerprint density at radius 2 is 2.23 bits per heavy atom. The van der Waals surface area contributed by atoms with Gasteiger partial charge in [-0.25, -0.2) is 0 Å². The molecule has 2 aliphatic rings. The zero-order valence-electron chi connectivity index (χ0n) is 13.3. The summed E-state index contributed by atoms with van der Waals surface area (Å²) in [6.45, 7) is 5.63. The van der Waals surface area contributed by atoms with Crippen molar-refractivity contribution in [3.05, 3.63) is 23.3 Å². The summed E-state index contributed by atoms with van der Waals surface area (Å²) < 4.78 is 2.13. The first kappa shape index (κ1) is 15.2. The maximum absolute atomic E-state index is 12.1. The fraction of sp³-hybridized carbons (Fsp3) is 0.688. The molecule has 2 heterocycles. The first-order valence-electron chi connectivity index (χ1n) is 8.28. The molecule has 22 heavy (non-hydrogen) atoms. The predicted octanol–water partition coefficient (Wildman–Crippen LogP) is 1.41. The highest BCUT2D eigenvalue weighted by molar-refractivity contribution is 5.78. The number of nitrogens with zero attached hydrogens (tertiary/aromatic N) is 4. The van der Waals surface area contributed by atoms with E-state index in [0.717, 1.165) is 37.7 Å². The minimum Gasteiger partial charge on any atom is -0.355 e. The van der Waals surface area contributed by atoms with Crippen molar-refractivity contribution >= 4 is 5.91 Å². The molecule has 1 amide bonds. The van der Waals surface area contributed by atoms with Crippen molar-refractivity contribution in [2.45, 2.75) is 52.1 Å². The summed E-state index contributed by atoms with van der Waals surface area (Å²) in [4.78, 5) is 14.2. The van der Waals surface area contributed by atoms with E-state index in [-0.39, 0.29) is 5.91 Å². The molecule has 0 spiro atoms. The molecule has 0 fully saturated rings. The van der Waals surface area contributed by atoms with Crippen LogP contribution in [-0.4, -0.2) is 45.2 Å². The van der Waals surface area contributed by atoms with Gasteiger partial charge in [-0.15, -0.1) is 10.2 Å². The second-order valence-corrected chi connectivity index (χ2v) is 6.23. The molecule has 1 aromatic rings. The van der Waals surface area contributed by atoms with Crippen molar-refractivity contribution in [3.8, 4) is 0 Å². The number of rotatable bonds is 5. The molecule has 0 saturated carbocycles. The van der Waals surface area contributed by atoms with Crippen LogP contribution in [0.15, 0.2) is 11.6 Å². The number of carbonyl (C=O) groups excluding carboxylic acids is 1. The molecule has 1 aliphatic carbocycles. The van der Waals surface area contributed by atoms with Crippen LogP contribution in [0.25, 0.3) is 0 Å². The van der Waals surface area contributed by atoms with Gasteiger partial charge in [0.05, 0.1) is 13.1 Å². The first-order valence-corrected chi connectivity index (χ1v) is 8.28. The monoisotopic (exact) mass is 303 g/mol. The minimum absolute atomic E-state index is 0.112. The third kappa shape index (κ3) is 3.74. The maximum atomic E-state index is 12.1. The first-order chi connectivity index (χ1) is 10.7. The van der Waals surface area contributed by atoms with E-state index in [1.54, 1.807) is 0 Å². The highest BCUT2D eigenvalue weighted by Gasteiger charge is 2.21.